The van der Waals surface area contributed by atoms with Crippen LogP contribution in [0.5, 0.6) is 11.5 Å². The molecule has 24 heavy (non-hydrogen) atoms. The van der Waals surface area contributed by atoms with Crippen molar-refractivity contribution < 1.29 is 15.0 Å². The second-order valence-electron chi connectivity index (χ2n) is 5.32. The van der Waals surface area contributed by atoms with Crippen molar-refractivity contribution in [2.45, 2.75) is 6.92 Å². The van der Waals surface area contributed by atoms with Gasteiger partial charge in [0, 0.05) is 0 Å². The monoisotopic (exact) mass is 388 g/mol. The molecule has 3 rings (SSSR count). The summed E-state index contributed by atoms with van der Waals surface area (Å²) >= 11 is 2.97. The second-order valence-corrected chi connectivity index (χ2v) is 6.08. The molecule has 0 aromatic heterocycles. The number of carbonyl (C=O) groups is 1. The molecule has 0 radical (unpaired) electrons. The van der Waals surface area contributed by atoms with E-state index < -0.39 is 0 Å². The number of likely N-dealkylation sites (N-methyl/N-ethyl adjacent to an activating group) is 1. The predicted octanol–water partition coefficient (Wildman–Crippen LogP) is 2.06. The van der Waals surface area contributed by atoms with Gasteiger partial charge in [0.15, 0.2) is 0 Å². The third-order valence-corrected chi connectivity index (χ3v) is 4.54. The van der Waals surface area contributed by atoms with E-state index in [-0.39, 0.29) is 17.4 Å². The third-order valence-electron chi connectivity index (χ3n) is 3.69. The summed E-state index contributed by atoms with van der Waals surface area (Å²) in [5, 5.41) is 19.3. The van der Waals surface area contributed by atoms with E-state index in [1.54, 1.807) is 11.0 Å². The van der Waals surface area contributed by atoms with Gasteiger partial charge >= 0.3 is 147 Å². The van der Waals surface area contributed by atoms with Crippen LogP contribution in [0, 0.1) is 0 Å². The fourth-order valence-corrected chi connectivity index (χ4v) is 3.52. The molecule has 0 aliphatic carbocycles. The molecular formula is C18H16N2O3Se. The van der Waals surface area contributed by atoms with Gasteiger partial charge in [-0.15, -0.1) is 0 Å². The predicted molar refractivity (Wildman–Crippen MR) is 94.8 cm³/mol. The number of anilines is 1. The first kappa shape index (κ1) is 16.3. The van der Waals surface area contributed by atoms with Crippen molar-refractivity contribution in [3.05, 3.63) is 59.8 Å². The molecule has 6 heteroatoms. The van der Waals surface area contributed by atoms with E-state index in [2.05, 4.69) is 15.6 Å². The molecule has 2 aromatic rings. The van der Waals surface area contributed by atoms with Crippen molar-refractivity contribution in [3.63, 3.8) is 0 Å². The van der Waals surface area contributed by atoms with Gasteiger partial charge in [-0.1, -0.05) is 0 Å². The molecule has 2 N–H and O–H groups in total. The summed E-state index contributed by atoms with van der Waals surface area (Å²) < 4.78 is 0.698. The van der Waals surface area contributed by atoms with E-state index in [9.17, 15) is 15.0 Å². The van der Waals surface area contributed by atoms with Gasteiger partial charge in [0.2, 0.25) is 0 Å². The van der Waals surface area contributed by atoms with Gasteiger partial charge in [-0.05, 0) is 0 Å². The van der Waals surface area contributed by atoms with Crippen molar-refractivity contribution in [2.24, 2.45) is 0 Å². The maximum atomic E-state index is 12.9. The maximum absolute atomic E-state index is 12.9. The van der Waals surface area contributed by atoms with E-state index in [0.717, 1.165) is 5.69 Å². The fourth-order valence-electron chi connectivity index (χ4n) is 2.65. The molecule has 1 amide bonds. The van der Waals surface area contributed by atoms with Crippen LogP contribution < -0.4 is 4.90 Å². The molecule has 2 aromatic carbocycles. The number of para-hydroxylation sites is 1. The Hall–Kier alpha value is -2.56. The quantitative estimate of drug-likeness (QED) is 0.625. The number of phenols is 2. The van der Waals surface area contributed by atoms with E-state index in [1.807, 2.05) is 42.2 Å². The average molecular weight is 387 g/mol. The van der Waals surface area contributed by atoms with Crippen molar-refractivity contribution in [1.82, 2.24) is 4.90 Å². The third kappa shape index (κ3) is 2.94. The Morgan fingerprint density at radius 2 is 1.71 bits per heavy atom. The van der Waals surface area contributed by atoms with E-state index in [1.165, 1.54) is 18.2 Å². The molecule has 1 aliphatic rings. The Kier molecular flexibility index (Phi) is 4.42. The number of rotatable bonds is 3. The number of aromatic hydroxyl groups is 2. The van der Waals surface area contributed by atoms with E-state index in [0.29, 0.717) is 22.5 Å². The summed E-state index contributed by atoms with van der Waals surface area (Å²) in [6.07, 6.45) is 1.66. The van der Waals surface area contributed by atoms with E-state index >= 15 is 0 Å². The van der Waals surface area contributed by atoms with Gasteiger partial charge < -0.3 is 0 Å². The van der Waals surface area contributed by atoms with E-state index in [4.69, 9.17) is 0 Å². The second kappa shape index (κ2) is 6.51. The molecule has 0 bridgehead atoms. The Balaban J connectivity index is 2.05. The van der Waals surface area contributed by atoms with Gasteiger partial charge in [-0.2, -0.15) is 0 Å². The normalized spacial score (nSPS) is 16.3. The van der Waals surface area contributed by atoms with Gasteiger partial charge in [0.1, 0.15) is 0 Å². The minimum atomic E-state index is -0.167. The van der Waals surface area contributed by atoms with Crippen LogP contribution in [0.3, 0.4) is 0 Å². The zero-order valence-corrected chi connectivity index (χ0v) is 14.7. The van der Waals surface area contributed by atoms with Crippen molar-refractivity contribution >= 4 is 37.9 Å². The fraction of sp³-hybridized carbons (Fsp3) is 0.111. The molecule has 1 heterocycles. The van der Waals surface area contributed by atoms with Crippen molar-refractivity contribution in [3.8, 4) is 11.5 Å². The van der Waals surface area contributed by atoms with Gasteiger partial charge in [0.05, 0.1) is 0 Å². The van der Waals surface area contributed by atoms with Crippen LogP contribution in [0.1, 0.15) is 12.5 Å². The topological polar surface area (TPSA) is 64.0 Å². The first-order chi connectivity index (χ1) is 11.5. The number of phenolic OH excluding ortho intramolecular Hbond substituents is 2. The van der Waals surface area contributed by atoms with Crippen LogP contribution in [0.25, 0.3) is 6.08 Å². The molecule has 0 unspecified atom stereocenters. The van der Waals surface area contributed by atoms with Crippen LogP contribution >= 0.6 is 0 Å². The Morgan fingerprint density at radius 1 is 1.08 bits per heavy atom. The SMILES string of the molecule is CCN1C(=[Se])N(c2ccccc2)C(=O)/C1=C\c1cc(O)cc(O)c1. The number of carbonyl (C=O) groups excluding carboxylic acids is 1. The van der Waals surface area contributed by atoms with Crippen molar-refractivity contribution in [2.75, 3.05) is 11.4 Å². The number of amides is 1. The summed E-state index contributed by atoms with van der Waals surface area (Å²) in [6.45, 7) is 2.56. The zero-order valence-electron chi connectivity index (χ0n) is 13.0. The average Bonchev–Trinajstić information content (AvgIpc) is 2.77. The van der Waals surface area contributed by atoms with Gasteiger partial charge in [-0.25, -0.2) is 0 Å². The van der Waals surface area contributed by atoms with Gasteiger partial charge in [0.25, 0.3) is 0 Å². The summed E-state index contributed by atoms with van der Waals surface area (Å²) in [4.78, 5) is 16.4. The van der Waals surface area contributed by atoms with Crippen LogP contribution in [-0.2, 0) is 4.79 Å². The number of hydrogen-bond donors (Lipinski definition) is 2. The summed E-state index contributed by atoms with van der Waals surface area (Å²) in [6, 6.07) is 13.6. The zero-order chi connectivity index (χ0) is 17.3. The number of hydrogen-bond acceptors (Lipinski definition) is 4. The molecule has 5 nitrogen and oxygen atoms in total. The minimum absolute atomic E-state index is 0.0532. The molecule has 122 valence electrons. The Morgan fingerprint density at radius 3 is 2.29 bits per heavy atom. The molecule has 0 spiro atoms. The molecular weight excluding hydrogens is 371 g/mol. The molecule has 0 atom stereocenters. The molecule has 1 fully saturated rings. The first-order valence-electron chi connectivity index (χ1n) is 7.47. The first-order valence-corrected chi connectivity index (χ1v) is 8.32. The standard InChI is InChI=1S/C18H16N2O3Se/c1-2-19-16(10-12-8-14(21)11-15(22)9-12)17(23)20(18(19)24)13-6-4-3-5-7-13/h3-11,21-22H,2H2,1H3/b16-10+. The van der Waals surface area contributed by atoms with Crippen molar-refractivity contribution in [1.29, 1.82) is 0 Å². The number of nitrogens with zero attached hydrogens (tertiary/aromatic N) is 2. The summed E-state index contributed by atoms with van der Waals surface area (Å²) in [7, 11) is 0. The summed E-state index contributed by atoms with van der Waals surface area (Å²) in [5.41, 5.74) is 1.80. The van der Waals surface area contributed by atoms with Gasteiger partial charge in [-0.3, -0.25) is 0 Å². The number of benzene rings is 2. The Bertz CT molecular complexity index is 813. The summed E-state index contributed by atoms with van der Waals surface area (Å²) in [5.74, 6) is -0.273. The van der Waals surface area contributed by atoms with Crippen LogP contribution in [-0.4, -0.2) is 47.8 Å². The Labute approximate surface area is 147 Å². The molecule has 1 aliphatic heterocycles. The molecule has 0 saturated carbocycles. The molecule has 1 saturated heterocycles. The van der Waals surface area contributed by atoms with Crippen LogP contribution in [0.4, 0.5) is 5.69 Å². The van der Waals surface area contributed by atoms with Crippen LogP contribution in [0.2, 0.25) is 0 Å². The van der Waals surface area contributed by atoms with Crippen LogP contribution in [0.15, 0.2) is 54.2 Å².